The Morgan fingerprint density at radius 2 is 2.00 bits per heavy atom. The van der Waals surface area contributed by atoms with E-state index in [2.05, 4.69) is 16.7 Å². The van der Waals surface area contributed by atoms with Crippen LogP contribution in [0.5, 0.6) is 0 Å². The first-order valence-corrected chi connectivity index (χ1v) is 7.05. The summed E-state index contributed by atoms with van der Waals surface area (Å²) in [5.41, 5.74) is 0.117. The Kier molecular flexibility index (Phi) is 4.30. The predicted molar refractivity (Wildman–Crippen MR) is 75.6 cm³/mol. The van der Waals surface area contributed by atoms with Gasteiger partial charge in [-0.3, -0.25) is 0 Å². The van der Waals surface area contributed by atoms with E-state index in [1.54, 1.807) is 6.08 Å². The number of ether oxygens (including phenoxy) is 1. The third-order valence-electron chi connectivity index (χ3n) is 3.41. The smallest absolute Gasteiger partial charge is 0.354 e. The lowest BCUT2D eigenvalue weighted by Crippen LogP contribution is -2.43. The van der Waals surface area contributed by atoms with Gasteiger partial charge in [-0.1, -0.05) is 12.2 Å². The topological polar surface area (TPSA) is 50.4 Å². The highest BCUT2D eigenvalue weighted by Crippen LogP contribution is 2.21. The van der Waals surface area contributed by atoms with Crippen LogP contribution in [-0.2, 0) is 9.53 Å². The first-order chi connectivity index (χ1) is 8.96. The Morgan fingerprint density at radius 3 is 2.63 bits per heavy atom. The lowest BCUT2D eigenvalue weighted by atomic mass is 9.89. The number of allylic oxidation sites excluding steroid dienone is 2. The van der Waals surface area contributed by atoms with E-state index in [0.717, 1.165) is 25.9 Å². The second-order valence-corrected chi connectivity index (χ2v) is 6.22. The lowest BCUT2D eigenvalue weighted by molar-refractivity contribution is -0.150. The zero-order valence-electron chi connectivity index (χ0n) is 12.0. The molecule has 0 bridgehead atoms. The van der Waals surface area contributed by atoms with Crippen LogP contribution in [0.2, 0.25) is 0 Å². The van der Waals surface area contributed by atoms with Gasteiger partial charge in [-0.05, 0) is 58.7 Å². The molecule has 2 aliphatic heterocycles. The van der Waals surface area contributed by atoms with Crippen molar-refractivity contribution in [1.29, 1.82) is 0 Å². The molecular formula is C15H24N2O2. The number of nitrogens with one attached hydrogen (secondary N) is 2. The molecule has 1 saturated heterocycles. The summed E-state index contributed by atoms with van der Waals surface area (Å²) < 4.78 is 5.40. The largest absolute Gasteiger partial charge is 0.455 e. The summed E-state index contributed by atoms with van der Waals surface area (Å²) in [6, 6.07) is 0.245. The van der Waals surface area contributed by atoms with E-state index in [0.29, 0.717) is 11.6 Å². The number of hydrogen-bond donors (Lipinski definition) is 2. The second kappa shape index (κ2) is 5.78. The molecule has 0 aromatic heterocycles. The zero-order chi connectivity index (χ0) is 13.9. The van der Waals surface area contributed by atoms with Crippen LogP contribution in [0.4, 0.5) is 0 Å². The fourth-order valence-electron chi connectivity index (χ4n) is 2.49. The fourth-order valence-corrected chi connectivity index (χ4v) is 2.49. The lowest BCUT2D eigenvalue weighted by Gasteiger charge is -2.32. The van der Waals surface area contributed by atoms with Crippen molar-refractivity contribution in [3.63, 3.8) is 0 Å². The SMILES string of the molecule is CC(C)(C)OC(=O)C1=CC=CC(C2CCNCC2)N1. The van der Waals surface area contributed by atoms with Gasteiger partial charge in [0, 0.05) is 6.04 Å². The normalized spacial score (nSPS) is 24.6. The Bertz CT molecular complexity index is 387. The highest BCUT2D eigenvalue weighted by molar-refractivity contribution is 5.88. The maximum atomic E-state index is 12.0. The Balaban J connectivity index is 1.95. The Labute approximate surface area is 115 Å². The van der Waals surface area contributed by atoms with Crippen LogP contribution in [0, 0.1) is 5.92 Å². The first-order valence-electron chi connectivity index (χ1n) is 7.05. The molecule has 0 aliphatic carbocycles. The molecule has 1 fully saturated rings. The summed E-state index contributed by atoms with van der Waals surface area (Å²) in [7, 11) is 0. The maximum absolute atomic E-state index is 12.0. The van der Waals surface area contributed by atoms with E-state index in [9.17, 15) is 4.79 Å². The summed E-state index contributed by atoms with van der Waals surface area (Å²) in [4.78, 5) is 12.0. The number of esters is 1. The van der Waals surface area contributed by atoms with Crippen molar-refractivity contribution in [3.05, 3.63) is 23.9 Å². The maximum Gasteiger partial charge on any atom is 0.354 e. The molecule has 0 aromatic carbocycles. The molecule has 4 nitrogen and oxygen atoms in total. The standard InChI is InChI=1S/C15H24N2O2/c1-15(2,3)19-14(18)13-6-4-5-12(17-13)11-7-9-16-10-8-11/h4-6,11-12,16-17H,7-10H2,1-3H3. The predicted octanol–water partition coefficient (Wildman–Crippen LogP) is 1.74. The van der Waals surface area contributed by atoms with Gasteiger partial charge >= 0.3 is 5.97 Å². The summed E-state index contributed by atoms with van der Waals surface area (Å²) in [6.07, 6.45) is 8.19. The summed E-state index contributed by atoms with van der Waals surface area (Å²) >= 11 is 0. The van der Waals surface area contributed by atoms with Crippen molar-refractivity contribution in [2.45, 2.75) is 45.3 Å². The highest BCUT2D eigenvalue weighted by atomic mass is 16.6. The van der Waals surface area contributed by atoms with Crippen LogP contribution < -0.4 is 10.6 Å². The van der Waals surface area contributed by atoms with Gasteiger partial charge in [0.2, 0.25) is 0 Å². The van der Waals surface area contributed by atoms with Crippen molar-refractivity contribution in [3.8, 4) is 0 Å². The van der Waals surface area contributed by atoms with Crippen LogP contribution in [0.25, 0.3) is 0 Å². The molecular weight excluding hydrogens is 240 g/mol. The molecule has 0 aromatic rings. The molecule has 2 rings (SSSR count). The fraction of sp³-hybridized carbons (Fsp3) is 0.667. The minimum absolute atomic E-state index is 0.245. The molecule has 1 atom stereocenters. The van der Waals surface area contributed by atoms with E-state index in [1.807, 2.05) is 26.8 Å². The van der Waals surface area contributed by atoms with E-state index in [4.69, 9.17) is 4.74 Å². The van der Waals surface area contributed by atoms with Crippen LogP contribution in [0.1, 0.15) is 33.6 Å². The van der Waals surface area contributed by atoms with Gasteiger partial charge in [-0.25, -0.2) is 4.79 Å². The molecule has 2 N–H and O–H groups in total. The molecule has 2 aliphatic rings. The molecule has 19 heavy (non-hydrogen) atoms. The minimum Gasteiger partial charge on any atom is -0.455 e. The average molecular weight is 264 g/mol. The second-order valence-electron chi connectivity index (χ2n) is 6.22. The minimum atomic E-state index is -0.453. The van der Waals surface area contributed by atoms with Crippen molar-refractivity contribution in [2.24, 2.45) is 5.92 Å². The monoisotopic (exact) mass is 264 g/mol. The molecule has 1 unspecified atom stereocenters. The molecule has 106 valence electrons. The molecule has 0 amide bonds. The van der Waals surface area contributed by atoms with Gasteiger partial charge in [0.25, 0.3) is 0 Å². The van der Waals surface area contributed by atoms with E-state index in [-0.39, 0.29) is 12.0 Å². The number of dihydropyridines is 1. The van der Waals surface area contributed by atoms with Gasteiger partial charge in [-0.15, -0.1) is 0 Å². The highest BCUT2D eigenvalue weighted by Gasteiger charge is 2.27. The van der Waals surface area contributed by atoms with Gasteiger partial charge in [0.05, 0.1) is 0 Å². The van der Waals surface area contributed by atoms with Crippen molar-refractivity contribution in [2.75, 3.05) is 13.1 Å². The molecule has 0 radical (unpaired) electrons. The number of carbonyl (C=O) groups is 1. The van der Waals surface area contributed by atoms with E-state index in [1.165, 1.54) is 0 Å². The van der Waals surface area contributed by atoms with E-state index >= 15 is 0 Å². The summed E-state index contributed by atoms with van der Waals surface area (Å²) in [5, 5.41) is 6.68. The van der Waals surface area contributed by atoms with Gasteiger partial charge in [0.15, 0.2) is 0 Å². The van der Waals surface area contributed by atoms with Gasteiger partial charge in [-0.2, -0.15) is 0 Å². The van der Waals surface area contributed by atoms with Crippen LogP contribution in [0.3, 0.4) is 0 Å². The van der Waals surface area contributed by atoms with Crippen LogP contribution in [-0.4, -0.2) is 30.7 Å². The van der Waals surface area contributed by atoms with Crippen molar-refractivity contribution in [1.82, 2.24) is 10.6 Å². The first kappa shape index (κ1) is 14.1. The Hall–Kier alpha value is -1.29. The number of piperidine rings is 1. The number of rotatable bonds is 2. The number of carbonyl (C=O) groups excluding carboxylic acids is 1. The van der Waals surface area contributed by atoms with Gasteiger partial charge in [0.1, 0.15) is 11.3 Å². The quantitative estimate of drug-likeness (QED) is 0.746. The van der Waals surface area contributed by atoms with Crippen molar-refractivity contribution < 1.29 is 9.53 Å². The average Bonchev–Trinajstić information content (AvgIpc) is 2.38. The Morgan fingerprint density at radius 1 is 1.32 bits per heavy atom. The van der Waals surface area contributed by atoms with Gasteiger partial charge < -0.3 is 15.4 Å². The third-order valence-corrected chi connectivity index (χ3v) is 3.41. The van der Waals surface area contributed by atoms with E-state index < -0.39 is 5.60 Å². The van der Waals surface area contributed by atoms with Crippen LogP contribution in [0.15, 0.2) is 23.9 Å². The van der Waals surface area contributed by atoms with Crippen LogP contribution >= 0.6 is 0 Å². The third kappa shape index (κ3) is 4.10. The molecule has 0 saturated carbocycles. The summed E-state index contributed by atoms with van der Waals surface area (Å²) in [6.45, 7) is 7.77. The molecule has 0 spiro atoms. The molecule has 4 heteroatoms. The zero-order valence-corrected chi connectivity index (χ0v) is 12.0. The summed E-state index contributed by atoms with van der Waals surface area (Å²) in [5.74, 6) is 0.319. The van der Waals surface area contributed by atoms with Crippen molar-refractivity contribution >= 4 is 5.97 Å². The number of hydrogen-bond acceptors (Lipinski definition) is 4. The molecule has 2 heterocycles.